The molecule has 5 heterocycles. The van der Waals surface area contributed by atoms with E-state index in [0.29, 0.717) is 25.3 Å². The lowest BCUT2D eigenvalue weighted by molar-refractivity contribution is -0.135. The van der Waals surface area contributed by atoms with Crippen molar-refractivity contribution in [3.05, 3.63) is 79.0 Å². The van der Waals surface area contributed by atoms with E-state index in [1.165, 1.54) is 13.5 Å². The molecule has 14 nitrogen and oxygen atoms in total. The molecule has 5 N–H and O–H groups in total. The zero-order valence-corrected chi connectivity index (χ0v) is 27.5. The number of aromatic nitrogens is 4. The maximum Gasteiger partial charge on any atom is 0.407 e. The van der Waals surface area contributed by atoms with Crippen molar-refractivity contribution in [2.75, 3.05) is 33.4 Å². The Morgan fingerprint density at radius 3 is 2.20 bits per heavy atom. The van der Waals surface area contributed by atoms with Crippen LogP contribution >= 0.6 is 0 Å². The number of fused-ring (bicyclic) bond motifs is 1. The number of amides is 3. The Morgan fingerprint density at radius 2 is 1.54 bits per heavy atom. The molecule has 259 valence electrons. The van der Waals surface area contributed by atoms with Crippen LogP contribution in [-0.4, -0.2) is 97.3 Å². The minimum absolute atomic E-state index is 0.143. The summed E-state index contributed by atoms with van der Waals surface area (Å²) in [4.78, 5) is 56.5. The second-order valence-corrected chi connectivity index (χ2v) is 12.4. The summed E-state index contributed by atoms with van der Waals surface area (Å²) < 4.78 is 10.8. The van der Waals surface area contributed by atoms with Gasteiger partial charge in [-0.2, -0.15) is 0 Å². The summed E-state index contributed by atoms with van der Waals surface area (Å²) in [5.41, 5.74) is 5.14. The molecule has 1 radical (unpaired) electrons. The van der Waals surface area contributed by atoms with Gasteiger partial charge in [0.15, 0.2) is 0 Å². The van der Waals surface area contributed by atoms with Crippen LogP contribution in [0.15, 0.2) is 65.3 Å². The number of aliphatic hydroxyl groups excluding tert-OH is 2. The number of hydrogen-bond acceptors (Lipinski definition) is 9. The van der Waals surface area contributed by atoms with Crippen LogP contribution in [0.3, 0.4) is 0 Å². The molecule has 14 heteroatoms. The van der Waals surface area contributed by atoms with Gasteiger partial charge >= 0.3 is 6.09 Å². The van der Waals surface area contributed by atoms with Gasteiger partial charge in [-0.1, -0.05) is 24.3 Å². The molecule has 2 fully saturated rings. The Morgan fingerprint density at radius 1 is 0.920 bits per heavy atom. The number of imidazole rings is 2. The number of aromatic amines is 2. The molecule has 2 aliphatic rings. The molecule has 0 aliphatic carbocycles. The zero-order chi connectivity index (χ0) is 34.8. The van der Waals surface area contributed by atoms with E-state index in [2.05, 4.69) is 30.0 Å². The molecule has 0 spiro atoms. The average molecular weight is 681 g/mol. The zero-order valence-electron chi connectivity index (χ0n) is 27.5. The normalized spacial score (nSPS) is 18.1. The van der Waals surface area contributed by atoms with Crippen LogP contribution in [0.5, 0.6) is 0 Å². The summed E-state index contributed by atoms with van der Waals surface area (Å²) in [6.07, 6.45) is 7.18. The minimum Gasteiger partial charge on any atom is -0.456 e. The Balaban J connectivity index is 1.05. The Kier molecular flexibility index (Phi) is 9.37. The second kappa shape index (κ2) is 14.2. The summed E-state index contributed by atoms with van der Waals surface area (Å²) in [6.45, 7) is 0.296. The third-order valence-electron chi connectivity index (χ3n) is 9.43. The molecule has 5 aromatic rings. The summed E-state index contributed by atoms with van der Waals surface area (Å²) >= 11 is 0. The van der Waals surface area contributed by atoms with E-state index in [1.54, 1.807) is 22.2 Å². The molecule has 2 aromatic carbocycles. The SMILES string of the molecule is COC(=O)N[C@@H](CO)C(=O)N1CCC[C@H]1c1ncc(-c2ccc3oc(-c4ccc(-c5cnc([C@@H]6CCCN6C(=O)[CH]CO)[nH]5)cc4)cc3c2)[nH]1. The van der Waals surface area contributed by atoms with Gasteiger partial charge in [-0.3, -0.25) is 9.59 Å². The largest absolute Gasteiger partial charge is 0.456 e. The fourth-order valence-electron chi connectivity index (χ4n) is 6.88. The number of likely N-dealkylation sites (tertiary alicyclic amines) is 2. The van der Waals surface area contributed by atoms with Gasteiger partial charge in [-0.05, 0) is 55.5 Å². The Labute approximate surface area is 287 Å². The molecule has 50 heavy (non-hydrogen) atoms. The molecule has 3 atom stereocenters. The maximum atomic E-state index is 13.2. The van der Waals surface area contributed by atoms with Crippen LogP contribution in [0.4, 0.5) is 4.79 Å². The van der Waals surface area contributed by atoms with Crippen LogP contribution < -0.4 is 5.32 Å². The van der Waals surface area contributed by atoms with Crippen LogP contribution in [0, 0.1) is 6.42 Å². The number of aliphatic hydroxyl groups is 2. The van der Waals surface area contributed by atoms with Gasteiger partial charge in [0.05, 0.1) is 62.6 Å². The first-order chi connectivity index (χ1) is 24.4. The van der Waals surface area contributed by atoms with Gasteiger partial charge in [-0.25, -0.2) is 14.8 Å². The van der Waals surface area contributed by atoms with Crippen LogP contribution in [-0.2, 0) is 14.3 Å². The molecule has 2 aliphatic heterocycles. The third kappa shape index (κ3) is 6.46. The molecule has 3 aromatic heterocycles. The predicted octanol–water partition coefficient (Wildman–Crippen LogP) is 4.12. The lowest BCUT2D eigenvalue weighted by atomic mass is 10.1. The number of benzene rings is 2. The third-order valence-corrected chi connectivity index (χ3v) is 9.43. The number of ether oxygens (including phenoxy) is 1. The van der Waals surface area contributed by atoms with E-state index in [0.717, 1.165) is 69.9 Å². The summed E-state index contributed by atoms with van der Waals surface area (Å²) in [6, 6.07) is 14.3. The average Bonchev–Trinajstić information content (AvgIpc) is 3.98. The van der Waals surface area contributed by atoms with Crippen molar-refractivity contribution in [3.8, 4) is 33.8 Å². The van der Waals surface area contributed by atoms with Gasteiger partial charge in [0, 0.05) is 29.6 Å². The number of H-pyrrole nitrogens is 2. The molecule has 0 unspecified atom stereocenters. The van der Waals surface area contributed by atoms with E-state index >= 15 is 0 Å². The quantitative estimate of drug-likeness (QED) is 0.144. The van der Waals surface area contributed by atoms with Gasteiger partial charge in [0.25, 0.3) is 0 Å². The second-order valence-electron chi connectivity index (χ2n) is 12.4. The highest BCUT2D eigenvalue weighted by Crippen LogP contribution is 2.36. The van der Waals surface area contributed by atoms with E-state index in [4.69, 9.17) is 9.52 Å². The summed E-state index contributed by atoms with van der Waals surface area (Å²) in [7, 11) is 1.20. The number of carbonyl (C=O) groups excluding carboxylic acids is 3. The van der Waals surface area contributed by atoms with Crippen molar-refractivity contribution >= 4 is 28.9 Å². The highest BCUT2D eigenvalue weighted by molar-refractivity contribution is 5.88. The first kappa shape index (κ1) is 33.0. The summed E-state index contributed by atoms with van der Waals surface area (Å²) in [5.74, 6) is 1.51. The Hall–Kier alpha value is -5.47. The lowest BCUT2D eigenvalue weighted by Gasteiger charge is -2.27. The van der Waals surface area contributed by atoms with Gasteiger partial charge in [0.2, 0.25) is 11.8 Å². The van der Waals surface area contributed by atoms with Crippen LogP contribution in [0.2, 0.25) is 0 Å². The molecule has 2 saturated heterocycles. The number of furan rings is 1. The Bertz CT molecular complexity index is 2000. The topological polar surface area (TPSA) is 190 Å². The first-order valence-corrected chi connectivity index (χ1v) is 16.6. The molecule has 0 bridgehead atoms. The van der Waals surface area contributed by atoms with Crippen molar-refractivity contribution in [2.24, 2.45) is 0 Å². The maximum absolute atomic E-state index is 13.2. The van der Waals surface area contributed by atoms with Gasteiger partial charge in [-0.15, -0.1) is 0 Å². The van der Waals surface area contributed by atoms with E-state index in [9.17, 15) is 19.5 Å². The molecular weight excluding hydrogens is 642 g/mol. The number of nitrogens with zero attached hydrogens (tertiary/aromatic N) is 4. The molecule has 3 amide bonds. The molecule has 7 rings (SSSR count). The fraction of sp³-hybridized carbons (Fsp3) is 0.333. The van der Waals surface area contributed by atoms with E-state index < -0.39 is 24.6 Å². The highest BCUT2D eigenvalue weighted by Gasteiger charge is 2.36. The van der Waals surface area contributed by atoms with E-state index in [1.807, 2.05) is 48.5 Å². The van der Waals surface area contributed by atoms with Gasteiger partial charge in [0.1, 0.15) is 29.0 Å². The number of alkyl carbamates (subject to hydrolysis) is 1. The number of methoxy groups -OCH3 is 1. The number of nitrogens with one attached hydrogen (secondary N) is 3. The minimum atomic E-state index is -1.10. The van der Waals surface area contributed by atoms with Crippen LogP contribution in [0.25, 0.3) is 44.8 Å². The fourth-order valence-corrected chi connectivity index (χ4v) is 6.88. The first-order valence-electron chi connectivity index (χ1n) is 16.6. The van der Waals surface area contributed by atoms with Crippen LogP contribution in [0.1, 0.15) is 49.4 Å². The highest BCUT2D eigenvalue weighted by atomic mass is 16.5. The van der Waals surface area contributed by atoms with E-state index in [-0.39, 0.29) is 24.6 Å². The van der Waals surface area contributed by atoms with Gasteiger partial charge < -0.3 is 44.5 Å². The number of hydrogen-bond donors (Lipinski definition) is 5. The molecule has 0 saturated carbocycles. The van der Waals surface area contributed by atoms with Crippen molar-refractivity contribution < 1.29 is 33.8 Å². The smallest absolute Gasteiger partial charge is 0.407 e. The van der Waals surface area contributed by atoms with Crippen molar-refractivity contribution in [2.45, 2.75) is 43.8 Å². The van der Waals surface area contributed by atoms with Crippen molar-refractivity contribution in [3.63, 3.8) is 0 Å². The standard InChI is InChI=1S/C36H38N7O7/c1-49-36(48)41-27(20-45)35(47)43-14-3-5-29(43)34-38-19-26(40-34)23-10-11-30-24(16-23)17-31(50-30)22-8-6-21(7-9-22)25-18-37-33(39-25)28-4-2-13-42(28)32(46)12-15-44/h6-12,16-19,27-29,44-45H,2-5,13-15,20H2,1H3,(H,37,39)(H,38,40)(H,41,48)/t27-,28-,29-/m0/s1. The monoisotopic (exact) mass is 680 g/mol. The molecular formula is C36H38N7O7. The summed E-state index contributed by atoms with van der Waals surface area (Å²) in [5, 5.41) is 22.2. The predicted molar refractivity (Wildman–Crippen MR) is 182 cm³/mol. The lowest BCUT2D eigenvalue weighted by Crippen LogP contribution is -2.50. The van der Waals surface area contributed by atoms with Crippen molar-refractivity contribution in [1.29, 1.82) is 0 Å². The number of carbonyl (C=O) groups is 3. The van der Waals surface area contributed by atoms with Crippen molar-refractivity contribution in [1.82, 2.24) is 35.1 Å². The number of rotatable bonds is 10.